The van der Waals surface area contributed by atoms with E-state index in [1.54, 1.807) is 12.1 Å². The number of carbonyl (C=O) groups excluding carboxylic acids is 1. The number of allylic oxidation sites excluding steroid dienone is 1. The molecule has 2 aromatic rings. The van der Waals surface area contributed by atoms with Gasteiger partial charge in [0.1, 0.15) is 11.5 Å². The topological polar surface area (TPSA) is 74.6 Å². The van der Waals surface area contributed by atoms with Crippen molar-refractivity contribution in [2.24, 2.45) is 11.8 Å². The average Bonchev–Trinajstić information content (AvgIpc) is 3.02. The van der Waals surface area contributed by atoms with Crippen LogP contribution in [0.3, 0.4) is 0 Å². The lowest BCUT2D eigenvalue weighted by Crippen LogP contribution is -2.13. The molecule has 3 rings (SSSR count). The Morgan fingerprint density at radius 2 is 1.79 bits per heavy atom. The van der Waals surface area contributed by atoms with E-state index in [4.69, 9.17) is 5.11 Å². The predicted octanol–water partition coefficient (Wildman–Crippen LogP) is 5.58. The van der Waals surface area contributed by atoms with Gasteiger partial charge in [-0.25, -0.2) is 0 Å². The minimum Gasteiger partial charge on any atom is -0.508 e. The minimum atomic E-state index is -0.735. The van der Waals surface area contributed by atoms with Gasteiger partial charge in [-0.15, -0.1) is 0 Å². The van der Waals surface area contributed by atoms with Crippen LogP contribution in [-0.2, 0) is 9.59 Å². The Bertz CT molecular complexity index is 868. The fourth-order valence-corrected chi connectivity index (χ4v) is 4.12. The van der Waals surface area contributed by atoms with Crippen molar-refractivity contribution in [2.75, 3.05) is 0 Å². The van der Waals surface area contributed by atoms with Crippen LogP contribution in [0, 0.1) is 11.8 Å². The van der Waals surface area contributed by atoms with E-state index < -0.39 is 5.97 Å². The number of Topliss-reactive ketones (excluding diaryl/α,β-unsaturated/α-hetero) is 1. The molecule has 1 saturated carbocycles. The van der Waals surface area contributed by atoms with Crippen molar-refractivity contribution in [1.82, 2.24) is 0 Å². The first-order valence-corrected chi connectivity index (χ1v) is 10.2. The van der Waals surface area contributed by atoms with Gasteiger partial charge < -0.3 is 10.2 Å². The number of phenols is 1. The maximum atomic E-state index is 12.3. The third kappa shape index (κ3) is 5.44. The van der Waals surface area contributed by atoms with Crippen LogP contribution in [-0.4, -0.2) is 22.0 Å². The monoisotopic (exact) mass is 380 g/mol. The van der Waals surface area contributed by atoms with E-state index in [0.717, 1.165) is 54.9 Å². The zero-order valence-corrected chi connectivity index (χ0v) is 16.1. The lowest BCUT2D eigenvalue weighted by molar-refractivity contribution is -0.137. The number of carboxylic acid groups (broad SMARTS) is 1. The molecule has 2 aromatic carbocycles. The molecule has 0 spiro atoms. The van der Waals surface area contributed by atoms with E-state index in [9.17, 15) is 14.7 Å². The molecule has 0 aliphatic heterocycles. The van der Waals surface area contributed by atoms with Crippen molar-refractivity contribution in [3.8, 4) is 5.75 Å². The number of unbranched alkanes of at least 4 members (excludes halogenated alkanes) is 3. The number of aromatic hydroxyl groups is 1. The molecule has 28 heavy (non-hydrogen) atoms. The van der Waals surface area contributed by atoms with Crippen LogP contribution >= 0.6 is 0 Å². The molecule has 1 fully saturated rings. The van der Waals surface area contributed by atoms with E-state index in [2.05, 4.69) is 18.2 Å². The van der Waals surface area contributed by atoms with Crippen molar-refractivity contribution in [3.63, 3.8) is 0 Å². The Balaban J connectivity index is 1.55. The molecule has 148 valence electrons. The Kier molecular flexibility index (Phi) is 6.85. The number of phenolic OH excluding ortho intramolecular Hbond substituents is 1. The first-order chi connectivity index (χ1) is 13.5. The number of hydrogen-bond acceptors (Lipinski definition) is 3. The molecule has 2 N–H and O–H groups in total. The zero-order chi connectivity index (χ0) is 19.9. The number of hydrogen-bond donors (Lipinski definition) is 2. The highest BCUT2D eigenvalue weighted by Crippen LogP contribution is 2.34. The van der Waals surface area contributed by atoms with Gasteiger partial charge in [0.15, 0.2) is 0 Å². The summed E-state index contributed by atoms with van der Waals surface area (Å²) in [6.07, 6.45) is 10.6. The molecule has 4 heteroatoms. The van der Waals surface area contributed by atoms with Gasteiger partial charge in [-0.2, -0.15) is 0 Å². The van der Waals surface area contributed by atoms with Crippen molar-refractivity contribution >= 4 is 28.6 Å². The molecule has 1 aliphatic carbocycles. The van der Waals surface area contributed by atoms with Crippen molar-refractivity contribution in [2.45, 2.75) is 51.4 Å². The number of ketones is 1. The van der Waals surface area contributed by atoms with Gasteiger partial charge >= 0.3 is 5.97 Å². The van der Waals surface area contributed by atoms with Gasteiger partial charge in [0.2, 0.25) is 0 Å². The second-order valence-corrected chi connectivity index (χ2v) is 7.77. The van der Waals surface area contributed by atoms with Crippen LogP contribution in [0.2, 0.25) is 0 Å². The summed E-state index contributed by atoms with van der Waals surface area (Å²) in [5, 5.41) is 20.3. The van der Waals surface area contributed by atoms with Gasteiger partial charge in [0, 0.05) is 18.8 Å². The summed E-state index contributed by atoms with van der Waals surface area (Å²) < 4.78 is 0. The number of benzene rings is 2. The number of carbonyl (C=O) groups is 2. The summed E-state index contributed by atoms with van der Waals surface area (Å²) in [7, 11) is 0. The smallest absolute Gasteiger partial charge is 0.303 e. The summed E-state index contributed by atoms with van der Waals surface area (Å²) >= 11 is 0. The fraction of sp³-hybridized carbons (Fsp3) is 0.417. The zero-order valence-electron chi connectivity index (χ0n) is 16.1. The standard InChI is InChI=1S/C24H28O4/c25-21-13-11-19-15-17(8-10-20(19)16-21)7-9-18-12-14-23(26)22(18)5-3-1-2-4-6-24(27)28/h7-11,13,15-16,18,22,25H,1-6,12,14H2,(H,27,28). The quantitative estimate of drug-likeness (QED) is 0.557. The number of carboxylic acids is 1. The Hall–Kier alpha value is -2.62. The summed E-state index contributed by atoms with van der Waals surface area (Å²) in [6, 6.07) is 11.5. The van der Waals surface area contributed by atoms with Gasteiger partial charge in [-0.1, -0.05) is 49.6 Å². The number of aliphatic carboxylic acids is 1. The van der Waals surface area contributed by atoms with E-state index in [1.807, 2.05) is 18.2 Å². The largest absolute Gasteiger partial charge is 0.508 e. The number of fused-ring (bicyclic) bond motifs is 1. The third-order valence-corrected chi connectivity index (χ3v) is 5.69. The molecule has 1 aliphatic rings. The minimum absolute atomic E-state index is 0.105. The van der Waals surface area contributed by atoms with Crippen LogP contribution in [0.15, 0.2) is 42.5 Å². The predicted molar refractivity (Wildman–Crippen MR) is 111 cm³/mol. The molecule has 0 saturated heterocycles. The lowest BCUT2D eigenvalue weighted by Gasteiger charge is -2.15. The van der Waals surface area contributed by atoms with Crippen LogP contribution in [0.4, 0.5) is 0 Å². The van der Waals surface area contributed by atoms with Gasteiger partial charge in [-0.3, -0.25) is 9.59 Å². The highest BCUT2D eigenvalue weighted by atomic mass is 16.4. The first kappa shape index (κ1) is 20.1. The van der Waals surface area contributed by atoms with Crippen molar-refractivity contribution < 1.29 is 19.8 Å². The van der Waals surface area contributed by atoms with E-state index >= 15 is 0 Å². The molecule has 2 atom stereocenters. The van der Waals surface area contributed by atoms with Crippen LogP contribution < -0.4 is 0 Å². The van der Waals surface area contributed by atoms with E-state index in [0.29, 0.717) is 18.1 Å². The highest BCUT2D eigenvalue weighted by Gasteiger charge is 2.32. The SMILES string of the molecule is O=C(O)CCCCCCC1C(=O)CCC1C=Cc1ccc2cc(O)ccc2c1. The molecule has 0 radical (unpaired) electrons. The molecule has 2 unspecified atom stereocenters. The normalized spacial score (nSPS) is 19.6. The molecule has 0 aromatic heterocycles. The van der Waals surface area contributed by atoms with Crippen molar-refractivity contribution in [3.05, 3.63) is 48.0 Å². The lowest BCUT2D eigenvalue weighted by atomic mass is 9.89. The summed E-state index contributed by atoms with van der Waals surface area (Å²) in [4.78, 5) is 22.8. The Morgan fingerprint density at radius 3 is 2.61 bits per heavy atom. The summed E-state index contributed by atoms with van der Waals surface area (Å²) in [5.41, 5.74) is 1.10. The fourth-order valence-electron chi connectivity index (χ4n) is 4.12. The molecule has 0 amide bonds. The molecule has 0 bridgehead atoms. The second kappa shape index (κ2) is 9.54. The molecule has 0 heterocycles. The second-order valence-electron chi connectivity index (χ2n) is 7.77. The first-order valence-electron chi connectivity index (χ1n) is 10.2. The molecule has 4 nitrogen and oxygen atoms in total. The molecular formula is C24H28O4. The van der Waals surface area contributed by atoms with E-state index in [1.165, 1.54) is 0 Å². The summed E-state index contributed by atoms with van der Waals surface area (Å²) in [5.74, 6) is 0.303. The summed E-state index contributed by atoms with van der Waals surface area (Å²) in [6.45, 7) is 0. The Morgan fingerprint density at radius 1 is 1.04 bits per heavy atom. The maximum Gasteiger partial charge on any atom is 0.303 e. The van der Waals surface area contributed by atoms with E-state index in [-0.39, 0.29) is 18.1 Å². The van der Waals surface area contributed by atoms with Crippen molar-refractivity contribution in [1.29, 1.82) is 0 Å². The average molecular weight is 380 g/mol. The van der Waals surface area contributed by atoms with Gasteiger partial charge in [0.25, 0.3) is 0 Å². The maximum absolute atomic E-state index is 12.3. The van der Waals surface area contributed by atoms with Gasteiger partial charge in [0.05, 0.1) is 0 Å². The number of rotatable bonds is 9. The highest BCUT2D eigenvalue weighted by molar-refractivity contribution is 5.86. The molecular weight excluding hydrogens is 352 g/mol. The van der Waals surface area contributed by atoms with Crippen LogP contribution in [0.1, 0.15) is 56.9 Å². The van der Waals surface area contributed by atoms with Gasteiger partial charge in [-0.05, 0) is 59.7 Å². The third-order valence-electron chi connectivity index (χ3n) is 5.69. The van der Waals surface area contributed by atoms with Crippen LogP contribution in [0.25, 0.3) is 16.8 Å². The van der Waals surface area contributed by atoms with Crippen LogP contribution in [0.5, 0.6) is 5.75 Å². The Labute approximate surface area is 165 Å².